The van der Waals surface area contributed by atoms with Gasteiger partial charge in [0.2, 0.25) is 0 Å². The van der Waals surface area contributed by atoms with Gasteiger partial charge in [-0.25, -0.2) is 23.9 Å². The second-order valence-corrected chi connectivity index (χ2v) is 11.4. The highest BCUT2D eigenvalue weighted by molar-refractivity contribution is 6.32. The van der Waals surface area contributed by atoms with Crippen LogP contribution in [0.25, 0.3) is 0 Å². The molecule has 36 heavy (non-hydrogen) atoms. The monoisotopic (exact) mass is 519 g/mol. The highest BCUT2D eigenvalue weighted by Crippen LogP contribution is 2.48. The van der Waals surface area contributed by atoms with Crippen LogP contribution in [-0.4, -0.2) is 46.4 Å². The summed E-state index contributed by atoms with van der Waals surface area (Å²) in [5.74, 6) is -0.675. The number of rotatable bonds is 1. The number of nitrogens with zero attached hydrogens (tertiary/aromatic N) is 3. The Morgan fingerprint density at radius 3 is 2.31 bits per heavy atom. The summed E-state index contributed by atoms with van der Waals surface area (Å²) in [5.41, 5.74) is -0.201. The molecule has 10 heteroatoms. The van der Waals surface area contributed by atoms with Gasteiger partial charge >= 0.3 is 12.2 Å². The number of ether oxygens (including phenoxy) is 3. The number of hydrogen-bond donors (Lipinski definition) is 0. The minimum Gasteiger partial charge on any atom is -0.481 e. The molecule has 2 aromatic rings. The summed E-state index contributed by atoms with van der Waals surface area (Å²) in [6, 6.07) is 4.65. The minimum atomic E-state index is -0.813. The van der Waals surface area contributed by atoms with E-state index in [2.05, 4.69) is 4.98 Å². The Kier molecular flexibility index (Phi) is 6.58. The van der Waals surface area contributed by atoms with Gasteiger partial charge in [-0.3, -0.25) is 0 Å². The van der Waals surface area contributed by atoms with Gasteiger partial charge in [0.25, 0.3) is 0 Å². The van der Waals surface area contributed by atoms with Crippen molar-refractivity contribution < 1.29 is 28.2 Å². The first kappa shape index (κ1) is 26.0. The molecule has 0 N–H and O–H groups in total. The van der Waals surface area contributed by atoms with E-state index in [0.717, 1.165) is 0 Å². The highest BCUT2D eigenvalue weighted by atomic mass is 35.5. The van der Waals surface area contributed by atoms with Gasteiger partial charge in [0, 0.05) is 25.2 Å². The van der Waals surface area contributed by atoms with E-state index in [9.17, 15) is 9.59 Å². The van der Waals surface area contributed by atoms with Gasteiger partial charge in [0.15, 0.2) is 17.4 Å². The maximum atomic E-state index is 15.5. The van der Waals surface area contributed by atoms with Gasteiger partial charge in [0.05, 0.1) is 16.3 Å². The molecule has 1 unspecified atom stereocenters. The molecule has 194 valence electrons. The van der Waals surface area contributed by atoms with Crippen LogP contribution in [0, 0.1) is 5.82 Å². The fourth-order valence-corrected chi connectivity index (χ4v) is 4.41. The number of amides is 2. The summed E-state index contributed by atoms with van der Waals surface area (Å²) >= 11 is 6.46. The standard InChI is InChI=1S/C26H31ClFN3O5/c1-14-20-17(27)8-9-29-22(20)31(24(33)36-26(5,6)7)19-11-15(10-18(28)21(19)34-14)16-12-30(13-16)23(32)35-25(2,3)4/h8-11,14,16H,12-13H2,1-7H3. The van der Waals surface area contributed by atoms with Crippen LogP contribution >= 0.6 is 11.6 Å². The number of likely N-dealkylation sites (tertiary alicyclic amines) is 1. The van der Waals surface area contributed by atoms with Crippen LogP contribution < -0.4 is 9.64 Å². The van der Waals surface area contributed by atoms with E-state index in [1.165, 1.54) is 17.2 Å². The largest absolute Gasteiger partial charge is 0.481 e. The summed E-state index contributed by atoms with van der Waals surface area (Å²) in [7, 11) is 0. The zero-order valence-electron chi connectivity index (χ0n) is 21.5. The number of anilines is 2. The number of aromatic nitrogens is 1. The third-order valence-corrected chi connectivity index (χ3v) is 6.03. The van der Waals surface area contributed by atoms with E-state index in [4.69, 9.17) is 25.8 Å². The number of carbonyl (C=O) groups is 2. The predicted molar refractivity (Wildman–Crippen MR) is 134 cm³/mol. The highest BCUT2D eigenvalue weighted by Gasteiger charge is 2.39. The van der Waals surface area contributed by atoms with E-state index < -0.39 is 35.3 Å². The Balaban J connectivity index is 1.74. The lowest BCUT2D eigenvalue weighted by atomic mass is 9.91. The second kappa shape index (κ2) is 9.10. The van der Waals surface area contributed by atoms with Gasteiger partial charge in [-0.15, -0.1) is 0 Å². The Labute approximate surface area is 215 Å². The summed E-state index contributed by atoms with van der Waals surface area (Å²) < 4.78 is 32.6. The average Bonchev–Trinajstić information content (AvgIpc) is 2.79. The van der Waals surface area contributed by atoms with E-state index >= 15 is 4.39 Å². The lowest BCUT2D eigenvalue weighted by Gasteiger charge is -2.40. The molecule has 1 aromatic heterocycles. The topological polar surface area (TPSA) is 81.2 Å². The number of halogens is 2. The quantitative estimate of drug-likeness (QED) is 0.415. The van der Waals surface area contributed by atoms with Crippen LogP contribution in [0.15, 0.2) is 24.4 Å². The molecule has 2 aliphatic heterocycles. The Bertz CT molecular complexity index is 1200. The molecule has 0 aliphatic carbocycles. The van der Waals surface area contributed by atoms with Crippen molar-refractivity contribution >= 4 is 35.3 Å². The van der Waals surface area contributed by atoms with E-state index in [0.29, 0.717) is 29.2 Å². The van der Waals surface area contributed by atoms with Crippen molar-refractivity contribution in [1.82, 2.24) is 9.88 Å². The third-order valence-electron chi connectivity index (χ3n) is 5.70. The molecule has 8 nitrogen and oxygen atoms in total. The van der Waals surface area contributed by atoms with Crippen LogP contribution in [0.5, 0.6) is 5.75 Å². The summed E-state index contributed by atoms with van der Waals surface area (Å²) in [6.07, 6.45) is -0.368. The van der Waals surface area contributed by atoms with Crippen molar-refractivity contribution in [2.75, 3.05) is 18.0 Å². The number of fused-ring (bicyclic) bond motifs is 2. The van der Waals surface area contributed by atoms with Crippen molar-refractivity contribution in [3.05, 3.63) is 46.4 Å². The molecule has 4 rings (SSSR count). The van der Waals surface area contributed by atoms with Crippen molar-refractivity contribution in [2.45, 2.75) is 71.7 Å². The molecule has 0 radical (unpaired) electrons. The Morgan fingerprint density at radius 1 is 1.08 bits per heavy atom. The van der Waals surface area contributed by atoms with Crippen molar-refractivity contribution in [3.63, 3.8) is 0 Å². The number of hydrogen-bond acceptors (Lipinski definition) is 6. The summed E-state index contributed by atoms with van der Waals surface area (Å²) in [6.45, 7) is 13.1. The third kappa shape index (κ3) is 5.21. The molecule has 1 fully saturated rings. The van der Waals surface area contributed by atoms with E-state index in [1.807, 2.05) is 0 Å². The van der Waals surface area contributed by atoms with E-state index in [1.54, 1.807) is 65.5 Å². The molecular formula is C26H31ClFN3O5. The number of carbonyl (C=O) groups excluding carboxylic acids is 2. The molecule has 1 saturated heterocycles. The normalized spacial score (nSPS) is 17.9. The van der Waals surface area contributed by atoms with Crippen LogP contribution in [0.2, 0.25) is 5.02 Å². The van der Waals surface area contributed by atoms with Crippen LogP contribution in [0.3, 0.4) is 0 Å². The summed E-state index contributed by atoms with van der Waals surface area (Å²) in [5, 5.41) is 0.335. The molecule has 0 bridgehead atoms. The van der Waals surface area contributed by atoms with Crippen LogP contribution in [0.1, 0.15) is 71.6 Å². The van der Waals surface area contributed by atoms with Gasteiger partial charge in [-0.2, -0.15) is 0 Å². The molecule has 0 spiro atoms. The molecule has 2 aliphatic rings. The average molecular weight is 520 g/mol. The van der Waals surface area contributed by atoms with Gasteiger partial charge in [-0.1, -0.05) is 11.6 Å². The first-order valence-corrected chi connectivity index (χ1v) is 12.2. The van der Waals surface area contributed by atoms with Crippen molar-refractivity contribution in [3.8, 4) is 5.75 Å². The molecule has 3 heterocycles. The number of benzene rings is 1. The first-order valence-electron chi connectivity index (χ1n) is 11.8. The zero-order valence-corrected chi connectivity index (χ0v) is 22.3. The maximum Gasteiger partial charge on any atom is 0.420 e. The fraction of sp³-hybridized carbons (Fsp3) is 0.500. The summed E-state index contributed by atoms with van der Waals surface area (Å²) in [4.78, 5) is 33.0. The van der Waals surface area contributed by atoms with E-state index in [-0.39, 0.29) is 23.2 Å². The number of pyridine rings is 1. The van der Waals surface area contributed by atoms with Crippen LogP contribution in [-0.2, 0) is 9.47 Å². The maximum absolute atomic E-state index is 15.5. The fourth-order valence-electron chi connectivity index (χ4n) is 4.12. The molecular weight excluding hydrogens is 489 g/mol. The molecule has 0 saturated carbocycles. The van der Waals surface area contributed by atoms with Crippen LogP contribution in [0.4, 0.5) is 25.5 Å². The zero-order chi connectivity index (χ0) is 26.6. The second-order valence-electron chi connectivity index (χ2n) is 11.0. The molecule has 1 atom stereocenters. The van der Waals surface area contributed by atoms with Crippen molar-refractivity contribution in [1.29, 1.82) is 0 Å². The first-order chi connectivity index (χ1) is 16.6. The van der Waals surface area contributed by atoms with Gasteiger partial charge in [0.1, 0.15) is 17.3 Å². The minimum absolute atomic E-state index is 0.102. The Hall–Kier alpha value is -3.07. The smallest absolute Gasteiger partial charge is 0.420 e. The van der Waals surface area contributed by atoms with Gasteiger partial charge in [-0.05, 0) is 72.2 Å². The van der Waals surface area contributed by atoms with Gasteiger partial charge < -0.3 is 19.1 Å². The molecule has 2 amide bonds. The predicted octanol–water partition coefficient (Wildman–Crippen LogP) is 6.74. The Morgan fingerprint density at radius 2 is 1.69 bits per heavy atom. The molecule has 1 aromatic carbocycles. The lowest BCUT2D eigenvalue weighted by Crippen LogP contribution is -2.50. The van der Waals surface area contributed by atoms with Crippen molar-refractivity contribution in [2.24, 2.45) is 0 Å². The SMILES string of the molecule is CC1Oc2c(F)cc(C3CN(C(=O)OC(C)(C)C)C3)cc2N(C(=O)OC(C)(C)C)c2nccc(Cl)c21. The lowest BCUT2D eigenvalue weighted by molar-refractivity contribution is 0.00816.